The summed E-state index contributed by atoms with van der Waals surface area (Å²) >= 11 is 6.11. The zero-order valence-electron chi connectivity index (χ0n) is 11.4. The number of hydrogen-bond acceptors (Lipinski definition) is 4. The van der Waals surface area contributed by atoms with Crippen LogP contribution in [0.2, 0.25) is 5.02 Å². The Bertz CT molecular complexity index is 731. The number of nitrogens with one attached hydrogen (secondary N) is 2. The third kappa shape index (κ3) is 2.73. The Morgan fingerprint density at radius 1 is 1.33 bits per heavy atom. The number of ether oxygens (including phenoxy) is 1. The molecule has 0 saturated heterocycles. The highest BCUT2D eigenvalue weighted by Crippen LogP contribution is 2.36. The van der Waals surface area contributed by atoms with Gasteiger partial charge >= 0.3 is 0 Å². The van der Waals surface area contributed by atoms with Gasteiger partial charge in [-0.25, -0.2) is 0 Å². The van der Waals surface area contributed by atoms with Crippen LogP contribution in [-0.2, 0) is 4.79 Å². The molecule has 0 radical (unpaired) electrons. The molecule has 0 aliphatic carbocycles. The van der Waals surface area contributed by atoms with Crippen LogP contribution >= 0.6 is 11.6 Å². The fourth-order valence-corrected chi connectivity index (χ4v) is 2.26. The number of halogens is 1. The van der Waals surface area contributed by atoms with Crippen LogP contribution in [0.3, 0.4) is 0 Å². The topological polar surface area (TPSA) is 76.4 Å². The predicted octanol–water partition coefficient (Wildman–Crippen LogP) is 3.31. The third-order valence-electron chi connectivity index (χ3n) is 3.24. The van der Waals surface area contributed by atoms with E-state index >= 15 is 0 Å². The van der Waals surface area contributed by atoms with E-state index in [9.17, 15) is 4.79 Å². The number of fused-ring (bicyclic) bond motifs is 1. The van der Waals surface area contributed by atoms with Gasteiger partial charge < -0.3 is 21.1 Å². The average Bonchev–Trinajstić information content (AvgIpc) is 2.44. The van der Waals surface area contributed by atoms with Gasteiger partial charge in [-0.05, 0) is 30.7 Å². The summed E-state index contributed by atoms with van der Waals surface area (Å²) in [5.74, 6) is 0.385. The lowest BCUT2D eigenvalue weighted by molar-refractivity contribution is -0.118. The summed E-state index contributed by atoms with van der Waals surface area (Å²) in [6.45, 7) is 1.94. The minimum absolute atomic E-state index is 0.00673. The minimum atomic E-state index is -0.184. The van der Waals surface area contributed by atoms with Gasteiger partial charge in [-0.1, -0.05) is 17.7 Å². The molecular weight excluding hydrogens is 290 g/mol. The number of aryl methyl sites for hydroxylation is 1. The maximum Gasteiger partial charge on any atom is 0.262 e. The number of carbonyl (C=O) groups is 1. The fraction of sp³-hybridized carbons (Fsp3) is 0.133. The first kappa shape index (κ1) is 13.6. The lowest BCUT2D eigenvalue weighted by atomic mass is 10.2. The van der Waals surface area contributed by atoms with Crippen molar-refractivity contribution in [2.24, 2.45) is 0 Å². The van der Waals surface area contributed by atoms with Gasteiger partial charge in [0.1, 0.15) is 5.75 Å². The maximum atomic E-state index is 11.4. The summed E-state index contributed by atoms with van der Waals surface area (Å²) in [4.78, 5) is 11.4. The van der Waals surface area contributed by atoms with E-state index in [-0.39, 0.29) is 12.5 Å². The van der Waals surface area contributed by atoms with Crippen molar-refractivity contribution in [3.8, 4) is 5.75 Å². The van der Waals surface area contributed by atoms with Crippen molar-refractivity contribution < 1.29 is 9.53 Å². The van der Waals surface area contributed by atoms with Gasteiger partial charge in [-0.2, -0.15) is 0 Å². The van der Waals surface area contributed by atoms with E-state index in [1.54, 1.807) is 12.1 Å². The van der Waals surface area contributed by atoms with E-state index in [2.05, 4.69) is 10.6 Å². The van der Waals surface area contributed by atoms with Gasteiger partial charge in [0.2, 0.25) is 0 Å². The average molecular weight is 304 g/mol. The second-order valence-corrected chi connectivity index (χ2v) is 5.27. The SMILES string of the molecule is Cc1ccc(Nc2cc3c(cc2N)OCC(=O)N3)cc1Cl. The summed E-state index contributed by atoms with van der Waals surface area (Å²) in [6.07, 6.45) is 0. The van der Waals surface area contributed by atoms with Crippen LogP contribution < -0.4 is 21.1 Å². The van der Waals surface area contributed by atoms with Crippen molar-refractivity contribution in [1.82, 2.24) is 0 Å². The molecule has 21 heavy (non-hydrogen) atoms. The Kier molecular flexibility index (Phi) is 3.35. The maximum absolute atomic E-state index is 11.4. The van der Waals surface area contributed by atoms with Crippen molar-refractivity contribution in [1.29, 1.82) is 0 Å². The molecule has 0 aromatic heterocycles. The molecule has 1 aliphatic rings. The highest BCUT2D eigenvalue weighted by molar-refractivity contribution is 6.31. The number of anilines is 4. The van der Waals surface area contributed by atoms with E-state index in [1.807, 2.05) is 25.1 Å². The molecule has 6 heteroatoms. The molecular formula is C15H14ClN3O2. The first-order valence-corrected chi connectivity index (χ1v) is 6.80. The molecule has 5 nitrogen and oxygen atoms in total. The number of amides is 1. The smallest absolute Gasteiger partial charge is 0.262 e. The minimum Gasteiger partial charge on any atom is -0.482 e. The molecule has 0 atom stereocenters. The number of rotatable bonds is 2. The quantitative estimate of drug-likeness (QED) is 0.744. The Morgan fingerprint density at radius 3 is 2.90 bits per heavy atom. The zero-order valence-corrected chi connectivity index (χ0v) is 12.1. The van der Waals surface area contributed by atoms with Gasteiger partial charge in [0.25, 0.3) is 5.91 Å². The van der Waals surface area contributed by atoms with Crippen molar-refractivity contribution in [2.45, 2.75) is 6.92 Å². The van der Waals surface area contributed by atoms with Gasteiger partial charge in [0, 0.05) is 16.8 Å². The van der Waals surface area contributed by atoms with E-state index in [1.165, 1.54) is 0 Å². The molecule has 108 valence electrons. The lowest BCUT2D eigenvalue weighted by Gasteiger charge is -2.20. The van der Waals surface area contributed by atoms with Crippen LogP contribution in [0.5, 0.6) is 5.75 Å². The molecule has 1 amide bonds. The molecule has 0 unspecified atom stereocenters. The van der Waals surface area contributed by atoms with E-state index in [0.717, 1.165) is 11.3 Å². The van der Waals surface area contributed by atoms with Crippen LogP contribution in [0.4, 0.5) is 22.7 Å². The van der Waals surface area contributed by atoms with Gasteiger partial charge in [-0.15, -0.1) is 0 Å². The molecule has 3 rings (SSSR count). The lowest BCUT2D eigenvalue weighted by Crippen LogP contribution is -2.25. The Balaban J connectivity index is 1.93. The number of nitrogens with two attached hydrogens (primary N) is 1. The number of benzene rings is 2. The van der Waals surface area contributed by atoms with Crippen molar-refractivity contribution in [2.75, 3.05) is 23.0 Å². The van der Waals surface area contributed by atoms with Gasteiger partial charge in [0.15, 0.2) is 6.61 Å². The first-order valence-electron chi connectivity index (χ1n) is 6.42. The molecule has 4 N–H and O–H groups in total. The van der Waals surface area contributed by atoms with E-state index < -0.39 is 0 Å². The summed E-state index contributed by atoms with van der Waals surface area (Å²) < 4.78 is 5.32. The van der Waals surface area contributed by atoms with Crippen LogP contribution in [0.25, 0.3) is 0 Å². The van der Waals surface area contributed by atoms with Crippen LogP contribution in [0.1, 0.15) is 5.56 Å². The second kappa shape index (κ2) is 5.18. The standard InChI is InChI=1S/C15H14ClN3O2/c1-8-2-3-9(4-10(8)16)18-12-6-13-14(5-11(12)17)21-7-15(20)19-13/h2-6,18H,7,17H2,1H3,(H,19,20). The summed E-state index contributed by atoms with van der Waals surface area (Å²) in [5.41, 5.74) is 9.64. The van der Waals surface area contributed by atoms with E-state index in [4.69, 9.17) is 22.1 Å². The largest absolute Gasteiger partial charge is 0.482 e. The summed E-state index contributed by atoms with van der Waals surface area (Å²) in [5, 5.41) is 6.61. The fourth-order valence-electron chi connectivity index (χ4n) is 2.08. The van der Waals surface area contributed by atoms with Crippen LogP contribution in [0, 0.1) is 6.92 Å². The van der Waals surface area contributed by atoms with Crippen molar-refractivity contribution >= 4 is 40.3 Å². The summed E-state index contributed by atoms with van der Waals surface area (Å²) in [6, 6.07) is 9.09. The van der Waals surface area contributed by atoms with Crippen molar-refractivity contribution in [3.05, 3.63) is 40.9 Å². The Labute approximate surface area is 127 Å². The normalized spacial score (nSPS) is 13.1. The predicted molar refractivity (Wildman–Crippen MR) is 84.5 cm³/mol. The second-order valence-electron chi connectivity index (χ2n) is 4.86. The molecule has 2 aromatic carbocycles. The highest BCUT2D eigenvalue weighted by atomic mass is 35.5. The Morgan fingerprint density at radius 2 is 2.14 bits per heavy atom. The van der Waals surface area contributed by atoms with Gasteiger partial charge in [-0.3, -0.25) is 4.79 Å². The molecule has 0 spiro atoms. The molecule has 1 heterocycles. The summed E-state index contributed by atoms with van der Waals surface area (Å²) in [7, 11) is 0. The molecule has 1 aliphatic heterocycles. The molecule has 0 fully saturated rings. The molecule has 0 saturated carbocycles. The molecule has 0 bridgehead atoms. The Hall–Kier alpha value is -2.40. The monoisotopic (exact) mass is 303 g/mol. The number of carbonyl (C=O) groups excluding carboxylic acids is 1. The molecule has 2 aromatic rings. The van der Waals surface area contributed by atoms with Gasteiger partial charge in [0.05, 0.1) is 17.1 Å². The van der Waals surface area contributed by atoms with Crippen LogP contribution in [-0.4, -0.2) is 12.5 Å². The van der Waals surface area contributed by atoms with Crippen LogP contribution in [0.15, 0.2) is 30.3 Å². The zero-order chi connectivity index (χ0) is 15.0. The number of nitrogen functional groups attached to an aromatic ring is 1. The highest BCUT2D eigenvalue weighted by Gasteiger charge is 2.18. The van der Waals surface area contributed by atoms with E-state index in [0.29, 0.717) is 27.8 Å². The third-order valence-corrected chi connectivity index (χ3v) is 3.64. The number of hydrogen-bond donors (Lipinski definition) is 3. The first-order chi connectivity index (χ1) is 10.0. The van der Waals surface area contributed by atoms with Crippen molar-refractivity contribution in [3.63, 3.8) is 0 Å².